The number of phenolic OH excluding ortho intramolecular Hbond substituents is 1. The lowest BCUT2D eigenvalue weighted by atomic mass is 9.97. The van der Waals surface area contributed by atoms with Crippen LogP contribution in [0.15, 0.2) is 36.4 Å². The number of rotatable bonds is 4. The molecular formula is C20H21N3O4. The van der Waals surface area contributed by atoms with Gasteiger partial charge in [-0.15, -0.1) is 0 Å². The van der Waals surface area contributed by atoms with Crippen LogP contribution in [0.3, 0.4) is 0 Å². The minimum absolute atomic E-state index is 0.00567. The molecule has 7 nitrogen and oxygen atoms in total. The molecule has 0 saturated carbocycles. The van der Waals surface area contributed by atoms with Crippen molar-refractivity contribution in [2.24, 2.45) is 0 Å². The van der Waals surface area contributed by atoms with Crippen LogP contribution in [0.25, 0.3) is 0 Å². The van der Waals surface area contributed by atoms with Crippen LogP contribution in [-0.4, -0.2) is 22.8 Å². The molecule has 2 aromatic carbocycles. The molecule has 0 bridgehead atoms. The summed E-state index contributed by atoms with van der Waals surface area (Å²) in [6, 6.07) is 9.67. The number of hydrogen-bond acceptors (Lipinski definition) is 4. The Morgan fingerprint density at radius 1 is 1.15 bits per heavy atom. The molecule has 1 atom stereocenters. The summed E-state index contributed by atoms with van der Waals surface area (Å²) >= 11 is 0. The van der Waals surface area contributed by atoms with Gasteiger partial charge in [-0.25, -0.2) is 0 Å². The van der Waals surface area contributed by atoms with Gasteiger partial charge in [0.25, 0.3) is 5.91 Å². The van der Waals surface area contributed by atoms with Gasteiger partial charge in [0.2, 0.25) is 11.8 Å². The lowest BCUT2D eigenvalue weighted by Crippen LogP contribution is -2.27. The van der Waals surface area contributed by atoms with Crippen LogP contribution in [0, 0.1) is 0 Å². The Morgan fingerprint density at radius 3 is 2.67 bits per heavy atom. The van der Waals surface area contributed by atoms with Crippen molar-refractivity contribution in [1.29, 1.82) is 0 Å². The van der Waals surface area contributed by atoms with Gasteiger partial charge in [0.05, 0.1) is 11.6 Å². The molecule has 0 spiro atoms. The van der Waals surface area contributed by atoms with Gasteiger partial charge in [0.15, 0.2) is 0 Å². The van der Waals surface area contributed by atoms with E-state index in [-0.39, 0.29) is 29.2 Å². The summed E-state index contributed by atoms with van der Waals surface area (Å²) in [6.45, 7) is 3.21. The molecule has 0 saturated heterocycles. The topological polar surface area (TPSA) is 108 Å². The van der Waals surface area contributed by atoms with Gasteiger partial charge in [-0.1, -0.05) is 12.1 Å². The number of hydrogen-bond donors (Lipinski definition) is 4. The number of nitrogens with one attached hydrogen (secondary N) is 3. The van der Waals surface area contributed by atoms with Gasteiger partial charge in [-0.3, -0.25) is 14.4 Å². The number of fused-ring (bicyclic) bond motifs is 1. The van der Waals surface area contributed by atoms with Gasteiger partial charge >= 0.3 is 0 Å². The highest BCUT2D eigenvalue weighted by Gasteiger charge is 2.19. The van der Waals surface area contributed by atoms with E-state index in [0.29, 0.717) is 18.5 Å². The number of amides is 3. The van der Waals surface area contributed by atoms with Crippen LogP contribution in [0.4, 0.5) is 11.4 Å². The molecule has 0 fully saturated rings. The Balaban J connectivity index is 1.76. The van der Waals surface area contributed by atoms with Crippen molar-refractivity contribution >= 4 is 29.1 Å². The SMILES string of the molecule is CC(=O)Nc1ccc(O)c(C(=O)NC(C)c2ccc3c(c2)CCC(=O)N3)c1. The highest BCUT2D eigenvalue weighted by atomic mass is 16.3. The minimum Gasteiger partial charge on any atom is -0.507 e. The smallest absolute Gasteiger partial charge is 0.255 e. The monoisotopic (exact) mass is 367 g/mol. The third-order valence-electron chi connectivity index (χ3n) is 4.43. The van der Waals surface area contributed by atoms with Crippen molar-refractivity contribution in [3.05, 3.63) is 53.1 Å². The summed E-state index contributed by atoms with van der Waals surface area (Å²) in [5.41, 5.74) is 3.24. The Bertz CT molecular complexity index is 923. The minimum atomic E-state index is -0.446. The first-order chi connectivity index (χ1) is 12.8. The standard InChI is InChI=1S/C20H21N3O4/c1-11(13-3-6-17-14(9-13)4-8-19(26)23-17)21-20(27)16-10-15(22-12(2)24)5-7-18(16)25/h3,5-7,9-11,25H,4,8H2,1-2H3,(H,21,27)(H,22,24)(H,23,26). The van der Waals surface area contributed by atoms with E-state index in [1.54, 1.807) is 0 Å². The Kier molecular flexibility index (Phi) is 5.12. The van der Waals surface area contributed by atoms with Crippen molar-refractivity contribution in [2.75, 3.05) is 10.6 Å². The summed E-state index contributed by atoms with van der Waals surface area (Å²) in [4.78, 5) is 35.2. The van der Waals surface area contributed by atoms with E-state index in [4.69, 9.17) is 0 Å². The molecule has 1 unspecified atom stereocenters. The van der Waals surface area contributed by atoms with Crippen molar-refractivity contribution in [3.8, 4) is 5.75 Å². The molecule has 2 aromatic rings. The van der Waals surface area contributed by atoms with E-state index in [1.807, 2.05) is 25.1 Å². The lowest BCUT2D eigenvalue weighted by Gasteiger charge is -2.20. The number of carbonyl (C=O) groups excluding carboxylic acids is 3. The largest absolute Gasteiger partial charge is 0.507 e. The van der Waals surface area contributed by atoms with E-state index in [2.05, 4.69) is 16.0 Å². The van der Waals surface area contributed by atoms with Crippen LogP contribution < -0.4 is 16.0 Å². The molecule has 1 aliphatic heterocycles. The third kappa shape index (κ3) is 4.25. The molecule has 4 N–H and O–H groups in total. The molecule has 27 heavy (non-hydrogen) atoms. The maximum Gasteiger partial charge on any atom is 0.255 e. The average Bonchev–Trinajstić information content (AvgIpc) is 2.62. The van der Waals surface area contributed by atoms with Crippen LogP contribution in [0.5, 0.6) is 5.75 Å². The van der Waals surface area contributed by atoms with Crippen LogP contribution in [0.1, 0.15) is 47.8 Å². The Morgan fingerprint density at radius 2 is 1.93 bits per heavy atom. The maximum absolute atomic E-state index is 12.6. The summed E-state index contributed by atoms with van der Waals surface area (Å²) in [5.74, 6) is -0.868. The van der Waals surface area contributed by atoms with Crippen LogP contribution in [0.2, 0.25) is 0 Å². The number of anilines is 2. The molecule has 0 aliphatic carbocycles. The number of aryl methyl sites for hydroxylation is 1. The number of aromatic hydroxyl groups is 1. The van der Waals surface area contributed by atoms with E-state index in [1.165, 1.54) is 25.1 Å². The fourth-order valence-electron chi connectivity index (χ4n) is 3.03. The molecule has 0 radical (unpaired) electrons. The fourth-order valence-corrected chi connectivity index (χ4v) is 3.03. The van der Waals surface area contributed by atoms with E-state index < -0.39 is 5.91 Å². The predicted molar refractivity (Wildman–Crippen MR) is 102 cm³/mol. The van der Waals surface area contributed by atoms with Crippen LogP contribution >= 0.6 is 0 Å². The van der Waals surface area contributed by atoms with Gasteiger partial charge in [-0.2, -0.15) is 0 Å². The lowest BCUT2D eigenvalue weighted by molar-refractivity contribution is -0.116. The molecule has 3 amide bonds. The van der Waals surface area contributed by atoms with E-state index in [0.717, 1.165) is 16.8 Å². The van der Waals surface area contributed by atoms with E-state index in [9.17, 15) is 19.5 Å². The van der Waals surface area contributed by atoms with Gasteiger partial charge < -0.3 is 21.1 Å². The zero-order valence-electron chi connectivity index (χ0n) is 15.1. The second-order valence-electron chi connectivity index (χ2n) is 6.57. The highest BCUT2D eigenvalue weighted by Crippen LogP contribution is 2.27. The molecule has 7 heteroatoms. The van der Waals surface area contributed by atoms with Crippen LogP contribution in [-0.2, 0) is 16.0 Å². The zero-order valence-corrected chi connectivity index (χ0v) is 15.1. The zero-order chi connectivity index (χ0) is 19.6. The summed E-state index contributed by atoms with van der Waals surface area (Å²) < 4.78 is 0. The predicted octanol–water partition coefficient (Wildman–Crippen LogP) is 2.73. The number of carbonyl (C=O) groups is 3. The third-order valence-corrected chi connectivity index (χ3v) is 4.43. The second kappa shape index (κ2) is 7.49. The normalized spacial score (nSPS) is 13.9. The van der Waals surface area contributed by atoms with E-state index >= 15 is 0 Å². The summed E-state index contributed by atoms with van der Waals surface area (Å²) in [7, 11) is 0. The first-order valence-corrected chi connectivity index (χ1v) is 8.67. The van der Waals surface area contributed by atoms with Crippen molar-refractivity contribution in [1.82, 2.24) is 5.32 Å². The van der Waals surface area contributed by atoms with Gasteiger partial charge in [-0.05, 0) is 48.7 Å². The highest BCUT2D eigenvalue weighted by molar-refractivity contribution is 5.99. The fraction of sp³-hybridized carbons (Fsp3) is 0.250. The Labute approximate surface area is 156 Å². The van der Waals surface area contributed by atoms with Crippen molar-refractivity contribution in [2.45, 2.75) is 32.7 Å². The molecule has 140 valence electrons. The Hall–Kier alpha value is -3.35. The molecule has 1 aliphatic rings. The average molecular weight is 367 g/mol. The number of phenols is 1. The maximum atomic E-state index is 12.6. The first-order valence-electron chi connectivity index (χ1n) is 8.67. The second-order valence-corrected chi connectivity index (χ2v) is 6.57. The quantitative estimate of drug-likeness (QED) is 0.623. The summed E-state index contributed by atoms with van der Waals surface area (Å²) in [6.07, 6.45) is 1.11. The molecule has 0 aromatic heterocycles. The summed E-state index contributed by atoms with van der Waals surface area (Å²) in [5, 5.41) is 18.3. The van der Waals surface area contributed by atoms with Gasteiger partial charge in [0, 0.05) is 24.7 Å². The molecule has 3 rings (SSSR count). The molecular weight excluding hydrogens is 346 g/mol. The van der Waals surface area contributed by atoms with Crippen molar-refractivity contribution < 1.29 is 19.5 Å². The van der Waals surface area contributed by atoms with Gasteiger partial charge in [0.1, 0.15) is 5.75 Å². The first kappa shape index (κ1) is 18.4. The molecule has 1 heterocycles. The van der Waals surface area contributed by atoms with Crippen molar-refractivity contribution in [3.63, 3.8) is 0 Å². The number of benzene rings is 2.